The van der Waals surface area contributed by atoms with Crippen molar-refractivity contribution in [3.05, 3.63) is 84.4 Å². The molecule has 0 radical (unpaired) electrons. The van der Waals surface area contributed by atoms with Gasteiger partial charge in [-0.1, -0.05) is 53.8 Å². The van der Waals surface area contributed by atoms with Crippen molar-refractivity contribution in [2.24, 2.45) is 0 Å². The highest BCUT2D eigenvalue weighted by atomic mass is 32.1. The average molecular weight is 460 g/mol. The van der Waals surface area contributed by atoms with Gasteiger partial charge in [-0.2, -0.15) is 0 Å². The van der Waals surface area contributed by atoms with Crippen LogP contribution in [0.1, 0.15) is 10.4 Å². The number of morpholine rings is 1. The summed E-state index contributed by atoms with van der Waals surface area (Å²) in [4.78, 5) is 22.8. The van der Waals surface area contributed by atoms with Crippen LogP contribution in [-0.4, -0.2) is 55.2 Å². The van der Waals surface area contributed by atoms with Gasteiger partial charge in [0.2, 0.25) is 0 Å². The summed E-state index contributed by atoms with van der Waals surface area (Å²) in [7, 11) is 0. The third-order valence-electron chi connectivity index (χ3n) is 5.59. The van der Waals surface area contributed by atoms with Crippen LogP contribution in [0.2, 0.25) is 0 Å². The summed E-state index contributed by atoms with van der Waals surface area (Å²) in [6.45, 7) is 4.49. The van der Waals surface area contributed by atoms with Gasteiger partial charge in [0.1, 0.15) is 11.5 Å². The Morgan fingerprint density at radius 1 is 0.970 bits per heavy atom. The first-order valence-corrected chi connectivity index (χ1v) is 11.9. The first kappa shape index (κ1) is 21.6. The van der Waals surface area contributed by atoms with Crippen LogP contribution >= 0.6 is 11.3 Å². The lowest BCUT2D eigenvalue weighted by atomic mass is 10.1. The maximum absolute atomic E-state index is 13.9. The van der Waals surface area contributed by atoms with E-state index in [1.54, 1.807) is 4.90 Å². The van der Waals surface area contributed by atoms with Crippen LogP contribution < -0.4 is 9.64 Å². The number of ether oxygens (including phenoxy) is 2. The Kier molecular flexibility index (Phi) is 6.62. The van der Waals surface area contributed by atoms with Crippen molar-refractivity contribution in [3.8, 4) is 11.5 Å². The highest BCUT2D eigenvalue weighted by Crippen LogP contribution is 2.32. The van der Waals surface area contributed by atoms with E-state index in [0.29, 0.717) is 28.7 Å². The highest BCUT2D eigenvalue weighted by Gasteiger charge is 2.25. The van der Waals surface area contributed by atoms with E-state index in [-0.39, 0.29) is 5.91 Å². The number of fused-ring (bicyclic) bond motifs is 1. The van der Waals surface area contributed by atoms with Crippen molar-refractivity contribution in [1.82, 2.24) is 9.88 Å². The molecular formula is C26H25N3O3S. The van der Waals surface area contributed by atoms with Gasteiger partial charge in [-0.15, -0.1) is 0 Å². The number of hydrogen-bond acceptors (Lipinski definition) is 6. The molecule has 2 heterocycles. The molecule has 1 amide bonds. The summed E-state index contributed by atoms with van der Waals surface area (Å²) in [5.41, 5.74) is 1.41. The molecule has 0 N–H and O–H groups in total. The quantitative estimate of drug-likeness (QED) is 0.386. The summed E-state index contributed by atoms with van der Waals surface area (Å²) in [5.74, 6) is 1.11. The molecule has 6 nitrogen and oxygen atoms in total. The topological polar surface area (TPSA) is 54.9 Å². The maximum Gasteiger partial charge on any atom is 0.263 e. The number of anilines is 1. The van der Waals surface area contributed by atoms with Gasteiger partial charge >= 0.3 is 0 Å². The summed E-state index contributed by atoms with van der Waals surface area (Å²) in [6.07, 6.45) is 0. The minimum Gasteiger partial charge on any atom is -0.457 e. The molecule has 0 bridgehead atoms. The lowest BCUT2D eigenvalue weighted by Crippen LogP contribution is -2.43. The number of carbonyl (C=O) groups is 1. The molecule has 1 saturated heterocycles. The Morgan fingerprint density at radius 3 is 2.52 bits per heavy atom. The van der Waals surface area contributed by atoms with Crippen LogP contribution in [-0.2, 0) is 4.74 Å². The standard InChI is InChI=1S/C26H25N3O3S/c30-25(21-10-4-6-12-23(21)32-20-8-2-1-3-9-20)29(15-14-28-16-18-31-19-17-28)26-27-22-11-5-7-13-24(22)33-26/h1-13H,14-19H2. The van der Waals surface area contributed by atoms with Gasteiger partial charge in [0, 0.05) is 26.2 Å². The molecule has 0 spiro atoms. The second-order valence-electron chi connectivity index (χ2n) is 7.79. The van der Waals surface area contributed by atoms with Crippen molar-refractivity contribution in [2.75, 3.05) is 44.3 Å². The van der Waals surface area contributed by atoms with Gasteiger partial charge < -0.3 is 9.47 Å². The Morgan fingerprint density at radius 2 is 1.70 bits per heavy atom. The summed E-state index contributed by atoms with van der Waals surface area (Å²) < 4.78 is 12.6. The average Bonchev–Trinajstić information content (AvgIpc) is 3.29. The van der Waals surface area contributed by atoms with E-state index in [1.807, 2.05) is 78.9 Å². The number of para-hydroxylation sites is 3. The van der Waals surface area contributed by atoms with Crippen molar-refractivity contribution in [1.29, 1.82) is 0 Å². The number of rotatable bonds is 7. The predicted molar refractivity (Wildman–Crippen MR) is 132 cm³/mol. The molecule has 1 aliphatic rings. The van der Waals surface area contributed by atoms with Gasteiger partial charge in [-0.05, 0) is 36.4 Å². The Hall–Kier alpha value is -3.26. The molecule has 0 unspecified atom stereocenters. The molecule has 0 saturated carbocycles. The third-order valence-corrected chi connectivity index (χ3v) is 6.65. The molecule has 33 heavy (non-hydrogen) atoms. The molecule has 0 aliphatic carbocycles. The normalized spacial score (nSPS) is 14.3. The van der Waals surface area contributed by atoms with Crippen molar-refractivity contribution in [3.63, 3.8) is 0 Å². The summed E-state index contributed by atoms with van der Waals surface area (Å²) in [5, 5.41) is 0.698. The fourth-order valence-corrected chi connectivity index (χ4v) is 4.81. The second kappa shape index (κ2) is 10.1. The fourth-order valence-electron chi connectivity index (χ4n) is 3.82. The van der Waals surface area contributed by atoms with Crippen LogP contribution in [0.5, 0.6) is 11.5 Å². The molecule has 1 aliphatic heterocycles. The smallest absolute Gasteiger partial charge is 0.263 e. The maximum atomic E-state index is 13.9. The lowest BCUT2D eigenvalue weighted by molar-refractivity contribution is 0.0391. The summed E-state index contributed by atoms with van der Waals surface area (Å²) in [6, 6.07) is 24.9. The zero-order valence-electron chi connectivity index (χ0n) is 18.2. The number of hydrogen-bond donors (Lipinski definition) is 0. The van der Waals surface area contributed by atoms with E-state index in [1.165, 1.54) is 11.3 Å². The Labute approximate surface area is 197 Å². The van der Waals surface area contributed by atoms with E-state index in [0.717, 1.165) is 43.1 Å². The first-order valence-electron chi connectivity index (χ1n) is 11.1. The largest absolute Gasteiger partial charge is 0.457 e. The molecule has 1 aromatic heterocycles. The van der Waals surface area contributed by atoms with Crippen molar-refractivity contribution >= 4 is 32.6 Å². The van der Waals surface area contributed by atoms with Crippen LogP contribution in [0.4, 0.5) is 5.13 Å². The van der Waals surface area contributed by atoms with Gasteiger partial charge in [0.15, 0.2) is 5.13 Å². The predicted octanol–water partition coefficient (Wildman–Crippen LogP) is 5.07. The van der Waals surface area contributed by atoms with E-state index in [9.17, 15) is 4.79 Å². The molecule has 5 rings (SSSR count). The van der Waals surface area contributed by atoms with E-state index < -0.39 is 0 Å². The Bertz CT molecular complexity index is 1190. The number of amides is 1. The van der Waals surface area contributed by atoms with Crippen LogP contribution in [0.15, 0.2) is 78.9 Å². The molecule has 3 aromatic carbocycles. The molecule has 168 valence electrons. The number of nitrogens with zero attached hydrogens (tertiary/aromatic N) is 3. The van der Waals surface area contributed by atoms with Crippen LogP contribution in [0.25, 0.3) is 10.2 Å². The molecule has 4 aromatic rings. The highest BCUT2D eigenvalue weighted by molar-refractivity contribution is 7.22. The second-order valence-corrected chi connectivity index (χ2v) is 8.80. The van der Waals surface area contributed by atoms with E-state index >= 15 is 0 Å². The van der Waals surface area contributed by atoms with Gasteiger partial charge in [0.05, 0.1) is 29.0 Å². The van der Waals surface area contributed by atoms with Crippen molar-refractivity contribution < 1.29 is 14.3 Å². The number of aromatic nitrogens is 1. The lowest BCUT2D eigenvalue weighted by Gasteiger charge is -2.29. The molecular weight excluding hydrogens is 434 g/mol. The summed E-state index contributed by atoms with van der Waals surface area (Å²) >= 11 is 1.53. The van der Waals surface area contributed by atoms with Gasteiger partial charge in [-0.25, -0.2) is 4.98 Å². The Balaban J connectivity index is 1.46. The number of thiazole rings is 1. The van der Waals surface area contributed by atoms with Crippen LogP contribution in [0, 0.1) is 0 Å². The van der Waals surface area contributed by atoms with E-state index in [4.69, 9.17) is 14.5 Å². The fraction of sp³-hybridized carbons (Fsp3) is 0.231. The zero-order chi connectivity index (χ0) is 22.5. The number of carbonyl (C=O) groups excluding carboxylic acids is 1. The third kappa shape index (κ3) is 5.06. The zero-order valence-corrected chi connectivity index (χ0v) is 19.0. The van der Waals surface area contributed by atoms with Gasteiger partial charge in [0.25, 0.3) is 5.91 Å². The van der Waals surface area contributed by atoms with E-state index in [2.05, 4.69) is 4.90 Å². The minimum atomic E-state index is -0.117. The van der Waals surface area contributed by atoms with Crippen molar-refractivity contribution in [2.45, 2.75) is 0 Å². The molecule has 0 atom stereocenters. The molecule has 1 fully saturated rings. The number of benzene rings is 3. The minimum absolute atomic E-state index is 0.117. The monoisotopic (exact) mass is 459 g/mol. The van der Waals surface area contributed by atoms with Gasteiger partial charge in [-0.3, -0.25) is 14.6 Å². The first-order chi connectivity index (χ1) is 16.3. The molecule has 7 heteroatoms. The SMILES string of the molecule is O=C(c1ccccc1Oc1ccccc1)N(CCN1CCOCC1)c1nc2ccccc2s1. The van der Waals surface area contributed by atoms with Crippen LogP contribution in [0.3, 0.4) is 0 Å².